The summed E-state index contributed by atoms with van der Waals surface area (Å²) in [6.45, 7) is 1.74. The normalized spacial score (nSPS) is 11.9. The zero-order chi connectivity index (χ0) is 25.1. The van der Waals surface area contributed by atoms with Crippen LogP contribution in [0.5, 0.6) is 5.75 Å². The third-order valence-electron chi connectivity index (χ3n) is 4.53. The summed E-state index contributed by atoms with van der Waals surface area (Å²) in [5.41, 5.74) is 5.25. The van der Waals surface area contributed by atoms with Crippen LogP contribution in [0.4, 0.5) is 17.1 Å². The number of anilines is 1. The number of nitrogens with zero attached hydrogens (tertiary/aromatic N) is 2. The molecule has 0 atom stereocenters. The van der Waals surface area contributed by atoms with Crippen LogP contribution in [0.1, 0.15) is 14.8 Å². The smallest absolute Gasteiger partial charge is 0.744 e. The summed E-state index contributed by atoms with van der Waals surface area (Å²) in [5, 5.41) is 31.7. The largest absolute Gasteiger partial charge is 1.00 e. The Labute approximate surface area is 257 Å². The number of rotatable bonds is 9. The molecular weight excluding hydrogens is 556 g/mol. The molecule has 0 heterocycles. The Kier molecular flexibility index (Phi) is 12.8. The number of sulfone groups is 1. The van der Waals surface area contributed by atoms with Crippen molar-refractivity contribution in [3.8, 4) is 5.75 Å². The van der Waals surface area contributed by atoms with Gasteiger partial charge in [0.15, 0.2) is 9.84 Å². The van der Waals surface area contributed by atoms with Gasteiger partial charge in [0.05, 0.1) is 44.3 Å². The van der Waals surface area contributed by atoms with Gasteiger partial charge in [-0.2, -0.15) is 9.45 Å². The van der Waals surface area contributed by atoms with E-state index in [9.17, 15) is 31.8 Å². The standard InChI is InChI=1S/C19H19N3O9S3.2Na.H2/c1-2-7-33(25,26)14-5-3-12(4-6-14)21-22-19-17-11(9-16(18(19)20)34(27,28)29)8-13(10-15(17)23)32-31-30-24;;;/h3-6,8-10,23-24H,2,7,20H2,1H3,(H,27,28,29);;;1H/q;2*+1;/p-2/i;;;1+1. The van der Waals surface area contributed by atoms with Crippen molar-refractivity contribution in [2.75, 3.05) is 11.5 Å². The number of azo groups is 1. The topological polar surface area (TPSA) is 204 Å². The molecule has 0 saturated carbocycles. The average molecular weight is 577 g/mol. The molecular formula is C19H19N3Na2O9S3. The molecule has 3 aromatic rings. The summed E-state index contributed by atoms with van der Waals surface area (Å²) >= 11 is 0.433. The quantitative estimate of drug-likeness (QED) is 0.0503. The maximum atomic E-state index is 12.2. The zero-order valence-corrected chi connectivity index (χ0v) is 25.8. The molecule has 3 N–H and O–H groups in total. The van der Waals surface area contributed by atoms with Crippen LogP contribution in [0, 0.1) is 0 Å². The van der Waals surface area contributed by atoms with Crippen LogP contribution in [0.3, 0.4) is 0 Å². The molecule has 0 unspecified atom stereocenters. The second-order valence-electron chi connectivity index (χ2n) is 6.86. The second-order valence-corrected chi connectivity index (χ2v) is 11.1. The summed E-state index contributed by atoms with van der Waals surface area (Å²) in [5.74, 6) is -0.440. The van der Waals surface area contributed by atoms with Gasteiger partial charge in [0.1, 0.15) is 21.6 Å². The number of nitrogens with two attached hydrogens (primary N) is 1. The Morgan fingerprint density at radius 1 is 1.08 bits per heavy atom. The molecule has 36 heavy (non-hydrogen) atoms. The molecule has 0 spiro atoms. The molecule has 0 fully saturated rings. The van der Waals surface area contributed by atoms with Crippen molar-refractivity contribution >= 4 is 59.8 Å². The Balaban J connectivity index is 0.00000432. The zero-order valence-electron chi connectivity index (χ0n) is 19.4. The van der Waals surface area contributed by atoms with Crippen LogP contribution in [-0.4, -0.2) is 32.2 Å². The Bertz CT molecular complexity index is 1470. The van der Waals surface area contributed by atoms with E-state index < -0.39 is 36.3 Å². The van der Waals surface area contributed by atoms with E-state index in [2.05, 4.69) is 19.6 Å². The second kappa shape index (κ2) is 13.8. The molecule has 0 aliphatic rings. The minimum atomic E-state index is -5.04. The van der Waals surface area contributed by atoms with Crippen molar-refractivity contribution < 1.29 is 102 Å². The molecule has 184 valence electrons. The van der Waals surface area contributed by atoms with Crippen LogP contribution >= 0.6 is 12.0 Å². The van der Waals surface area contributed by atoms with E-state index in [4.69, 9.17) is 5.73 Å². The maximum Gasteiger partial charge on any atom is 1.00 e. The fourth-order valence-corrected chi connectivity index (χ4v) is 5.49. The Morgan fingerprint density at radius 3 is 2.28 bits per heavy atom. The monoisotopic (exact) mass is 576 g/mol. The van der Waals surface area contributed by atoms with E-state index in [0.717, 1.165) is 6.07 Å². The van der Waals surface area contributed by atoms with E-state index in [1.54, 1.807) is 6.92 Å². The van der Waals surface area contributed by atoms with Crippen molar-refractivity contribution in [1.29, 1.82) is 0 Å². The van der Waals surface area contributed by atoms with Gasteiger partial charge in [-0.25, -0.2) is 16.8 Å². The predicted molar refractivity (Wildman–Crippen MR) is 121 cm³/mol. The van der Waals surface area contributed by atoms with Crippen LogP contribution in [0.2, 0.25) is 0 Å². The molecule has 3 aromatic carbocycles. The maximum absolute atomic E-state index is 12.2. The fraction of sp³-hybridized carbons (Fsp3) is 0.158. The molecule has 17 heteroatoms. The molecule has 0 radical (unpaired) electrons. The van der Waals surface area contributed by atoms with Crippen LogP contribution < -0.4 is 70.1 Å². The molecule has 0 aromatic heterocycles. The number of hydrogen-bond donors (Lipinski definition) is 2. The van der Waals surface area contributed by atoms with Gasteiger partial charge in [0.25, 0.3) is 0 Å². The minimum Gasteiger partial charge on any atom is -0.744 e. The number of phenols is 1. The van der Waals surface area contributed by atoms with Gasteiger partial charge in [0.2, 0.25) is 0 Å². The predicted octanol–water partition coefficient (Wildman–Crippen LogP) is -2.88. The third-order valence-corrected chi connectivity index (χ3v) is 7.89. The molecule has 0 saturated heterocycles. The van der Waals surface area contributed by atoms with Crippen molar-refractivity contribution in [2.45, 2.75) is 28.0 Å². The van der Waals surface area contributed by atoms with Gasteiger partial charge in [-0.3, -0.25) is 5.04 Å². The van der Waals surface area contributed by atoms with E-state index >= 15 is 0 Å². The number of phenolic OH excluding ortho intramolecular Hbond substituents is 1. The fourth-order valence-electron chi connectivity index (χ4n) is 3.09. The van der Waals surface area contributed by atoms with Crippen LogP contribution in [0.25, 0.3) is 10.8 Å². The van der Waals surface area contributed by atoms with Crippen molar-refractivity contribution in [2.24, 2.45) is 10.2 Å². The van der Waals surface area contributed by atoms with Gasteiger partial charge in [0, 0.05) is 6.32 Å². The molecule has 0 amide bonds. The Hall–Kier alpha value is -0.790. The van der Waals surface area contributed by atoms with Gasteiger partial charge < -0.3 is 20.7 Å². The van der Waals surface area contributed by atoms with Gasteiger partial charge >= 0.3 is 59.1 Å². The Morgan fingerprint density at radius 2 is 1.72 bits per heavy atom. The summed E-state index contributed by atoms with van der Waals surface area (Å²) < 4.78 is 63.7. The molecule has 0 bridgehead atoms. The van der Waals surface area contributed by atoms with E-state index in [1.807, 2.05) is 0 Å². The van der Waals surface area contributed by atoms with E-state index in [1.165, 1.54) is 36.4 Å². The van der Waals surface area contributed by atoms with E-state index in [0.29, 0.717) is 18.5 Å². The number of benzene rings is 3. The first kappa shape index (κ1) is 33.2. The number of aromatic hydroxyl groups is 1. The first-order chi connectivity index (χ1) is 16.0. The first-order valence-corrected chi connectivity index (χ1v) is 13.2. The van der Waals surface area contributed by atoms with Crippen LogP contribution in [0.15, 0.2) is 67.4 Å². The average Bonchev–Trinajstić information content (AvgIpc) is 2.76. The van der Waals surface area contributed by atoms with Gasteiger partial charge in [-0.1, -0.05) is 6.92 Å². The SMILES string of the molecule is CCCS(=O)(=O)c1ccc(N=Nc2c(N)c(S(=O)(=O)[O-])cc3cc(SOO[O-])cc(O)c23)cc1.[2HH].[Na+].[Na+]. The summed E-state index contributed by atoms with van der Waals surface area (Å²) in [4.78, 5) is -0.547. The number of hydrogen-bond acceptors (Lipinski definition) is 13. The summed E-state index contributed by atoms with van der Waals surface area (Å²) in [7, 11) is -8.47. The minimum absolute atomic E-state index is 0. The van der Waals surface area contributed by atoms with Gasteiger partial charge in [-0.05, 0) is 54.3 Å². The van der Waals surface area contributed by atoms with E-state index in [-0.39, 0.29) is 98.2 Å². The molecule has 12 nitrogen and oxygen atoms in total. The molecule has 0 aliphatic carbocycles. The first-order valence-electron chi connectivity index (χ1n) is 9.40. The summed E-state index contributed by atoms with van der Waals surface area (Å²) in [6, 6.07) is 8.88. The van der Waals surface area contributed by atoms with Crippen molar-refractivity contribution in [1.82, 2.24) is 0 Å². The molecule has 0 aliphatic heterocycles. The van der Waals surface area contributed by atoms with Gasteiger partial charge in [-0.15, -0.1) is 5.11 Å². The summed E-state index contributed by atoms with van der Waals surface area (Å²) in [6.07, 6.45) is 0.453. The third kappa shape index (κ3) is 7.86. The van der Waals surface area contributed by atoms with Crippen molar-refractivity contribution in [3.05, 3.63) is 42.5 Å². The number of nitrogen functional groups attached to an aromatic ring is 1. The van der Waals surface area contributed by atoms with Crippen molar-refractivity contribution in [3.63, 3.8) is 0 Å². The number of fused-ring (bicyclic) bond motifs is 1. The molecule has 3 rings (SSSR count). The van der Waals surface area contributed by atoms with Crippen LogP contribution in [-0.2, 0) is 29.3 Å².